The Balaban J connectivity index is 1.54. The number of benzene rings is 1. The van der Waals surface area contributed by atoms with Crippen LogP contribution < -0.4 is 5.32 Å². The molecule has 1 aliphatic carbocycles. The summed E-state index contributed by atoms with van der Waals surface area (Å²) < 4.78 is 14.2. The van der Waals surface area contributed by atoms with Gasteiger partial charge in [0.05, 0.1) is 5.56 Å². The lowest BCUT2D eigenvalue weighted by molar-refractivity contribution is -0.140. The van der Waals surface area contributed by atoms with Crippen molar-refractivity contribution in [3.8, 4) is 5.75 Å². The van der Waals surface area contributed by atoms with E-state index in [4.69, 9.17) is 0 Å². The Bertz CT molecular complexity index is 805. The summed E-state index contributed by atoms with van der Waals surface area (Å²) >= 11 is 0. The maximum atomic E-state index is 14.2. The number of nitrogens with zero attached hydrogens (tertiary/aromatic N) is 1. The van der Waals surface area contributed by atoms with Crippen molar-refractivity contribution >= 4 is 11.9 Å². The van der Waals surface area contributed by atoms with E-state index in [1.807, 2.05) is 13.8 Å². The second-order valence-electron chi connectivity index (χ2n) is 9.60. The van der Waals surface area contributed by atoms with E-state index < -0.39 is 23.6 Å². The monoisotopic (exact) mass is 434 g/mol. The van der Waals surface area contributed by atoms with Gasteiger partial charge in [0.1, 0.15) is 6.04 Å². The summed E-state index contributed by atoms with van der Waals surface area (Å²) in [5.41, 5.74) is 0.642. The molecular formula is C24H35FN2O4. The Morgan fingerprint density at radius 1 is 1.26 bits per heavy atom. The van der Waals surface area contributed by atoms with Crippen LogP contribution >= 0.6 is 0 Å². The van der Waals surface area contributed by atoms with Crippen LogP contribution in [-0.4, -0.2) is 45.6 Å². The smallest absolute Gasteiger partial charge is 0.320 e. The molecule has 7 heteroatoms. The predicted octanol–water partition coefficient (Wildman–Crippen LogP) is 4.16. The van der Waals surface area contributed by atoms with Gasteiger partial charge in [-0.15, -0.1) is 0 Å². The molecule has 1 amide bonds. The molecule has 3 N–H and O–H groups in total. The number of amides is 1. The van der Waals surface area contributed by atoms with Gasteiger partial charge in [-0.05, 0) is 67.9 Å². The first-order valence-electron chi connectivity index (χ1n) is 11.5. The maximum Gasteiger partial charge on any atom is 0.320 e. The van der Waals surface area contributed by atoms with Gasteiger partial charge in [0.15, 0.2) is 11.6 Å². The standard InChI is InChI=1S/C24H35FN2O4/c1-4-18(26-19(24(30)31)11-14(2)3)16-7-5-15(6-8-16)12-27-13-17-9-10-20(28)22(25)21(17)23(27)29/h9-10,14-16,18-19,26,28H,4-8,11-13H2,1-3H3,(H,30,31)/t15?,16?,18?,19-/m1/s1. The van der Waals surface area contributed by atoms with Crippen LogP contribution in [0.4, 0.5) is 4.39 Å². The average molecular weight is 435 g/mol. The van der Waals surface area contributed by atoms with Crippen molar-refractivity contribution < 1.29 is 24.2 Å². The van der Waals surface area contributed by atoms with Crippen LogP contribution in [0.5, 0.6) is 5.75 Å². The topological polar surface area (TPSA) is 89.9 Å². The van der Waals surface area contributed by atoms with E-state index in [0.29, 0.717) is 42.8 Å². The first-order chi connectivity index (χ1) is 14.7. The number of rotatable bonds is 9. The zero-order chi connectivity index (χ0) is 22.7. The number of carbonyl (C=O) groups is 2. The number of aliphatic carboxylic acids is 1. The fourth-order valence-corrected chi connectivity index (χ4v) is 5.19. The van der Waals surface area contributed by atoms with Crippen LogP contribution in [0, 0.1) is 23.6 Å². The van der Waals surface area contributed by atoms with Crippen molar-refractivity contribution in [1.29, 1.82) is 0 Å². The molecule has 6 nitrogen and oxygen atoms in total. The summed E-state index contributed by atoms with van der Waals surface area (Å²) in [6.45, 7) is 7.15. The van der Waals surface area contributed by atoms with Crippen LogP contribution in [0.2, 0.25) is 0 Å². The average Bonchev–Trinajstić information content (AvgIpc) is 3.04. The van der Waals surface area contributed by atoms with Crippen molar-refractivity contribution in [2.24, 2.45) is 17.8 Å². The van der Waals surface area contributed by atoms with Gasteiger partial charge in [0, 0.05) is 19.1 Å². The first-order valence-corrected chi connectivity index (χ1v) is 11.5. The van der Waals surface area contributed by atoms with E-state index in [1.54, 1.807) is 11.0 Å². The van der Waals surface area contributed by atoms with Gasteiger partial charge in [-0.1, -0.05) is 26.8 Å². The largest absolute Gasteiger partial charge is 0.505 e. The lowest BCUT2D eigenvalue weighted by Crippen LogP contribution is -2.48. The molecule has 1 fully saturated rings. The number of nitrogens with one attached hydrogen (secondary N) is 1. The summed E-state index contributed by atoms with van der Waals surface area (Å²) in [5, 5.41) is 22.5. The number of hydrogen-bond donors (Lipinski definition) is 3. The van der Waals surface area contributed by atoms with Crippen LogP contribution in [0.25, 0.3) is 0 Å². The van der Waals surface area contributed by atoms with Crippen LogP contribution in [-0.2, 0) is 11.3 Å². The number of phenolic OH excluding ortho intramolecular Hbond substituents is 1. The van der Waals surface area contributed by atoms with E-state index in [0.717, 1.165) is 32.1 Å². The van der Waals surface area contributed by atoms with Gasteiger partial charge in [-0.2, -0.15) is 0 Å². The van der Waals surface area contributed by atoms with E-state index in [1.165, 1.54) is 6.07 Å². The molecule has 3 rings (SSSR count). The summed E-state index contributed by atoms with van der Waals surface area (Å²) in [6, 6.07) is 2.58. The molecule has 2 atom stereocenters. The molecule has 1 aliphatic heterocycles. The third kappa shape index (κ3) is 5.37. The highest BCUT2D eigenvalue weighted by atomic mass is 19.1. The van der Waals surface area contributed by atoms with E-state index in [-0.39, 0.29) is 17.5 Å². The van der Waals surface area contributed by atoms with Crippen LogP contribution in [0.3, 0.4) is 0 Å². The number of carboxylic acids is 1. The third-order valence-corrected chi connectivity index (χ3v) is 6.87. The van der Waals surface area contributed by atoms with Gasteiger partial charge in [-0.3, -0.25) is 9.59 Å². The zero-order valence-electron chi connectivity index (χ0n) is 18.7. The van der Waals surface area contributed by atoms with Gasteiger partial charge in [0.2, 0.25) is 0 Å². The van der Waals surface area contributed by atoms with Gasteiger partial charge < -0.3 is 20.4 Å². The number of fused-ring (bicyclic) bond motifs is 1. The second kappa shape index (κ2) is 9.98. The fraction of sp³-hybridized carbons (Fsp3) is 0.667. The fourth-order valence-electron chi connectivity index (χ4n) is 5.19. The van der Waals surface area contributed by atoms with Crippen molar-refractivity contribution in [3.05, 3.63) is 29.1 Å². The number of halogens is 1. The highest BCUT2D eigenvalue weighted by molar-refractivity contribution is 5.99. The Morgan fingerprint density at radius 3 is 2.52 bits per heavy atom. The molecule has 0 bridgehead atoms. The molecule has 0 saturated heterocycles. The molecule has 1 unspecified atom stereocenters. The van der Waals surface area contributed by atoms with Crippen molar-refractivity contribution in [1.82, 2.24) is 10.2 Å². The molecule has 2 aliphatic rings. The SMILES string of the molecule is CCC(N[C@H](CC(C)C)C(=O)O)C1CCC(CN2Cc3ccc(O)c(F)c3C2=O)CC1. The zero-order valence-corrected chi connectivity index (χ0v) is 18.7. The van der Waals surface area contributed by atoms with Crippen molar-refractivity contribution in [2.45, 2.75) is 77.9 Å². The predicted molar refractivity (Wildman–Crippen MR) is 116 cm³/mol. The van der Waals surface area contributed by atoms with Gasteiger partial charge >= 0.3 is 5.97 Å². The Morgan fingerprint density at radius 2 is 1.94 bits per heavy atom. The van der Waals surface area contributed by atoms with Gasteiger partial charge in [0.25, 0.3) is 5.91 Å². The van der Waals surface area contributed by atoms with E-state index in [2.05, 4.69) is 12.2 Å². The first kappa shape index (κ1) is 23.5. The molecule has 0 aromatic heterocycles. The molecule has 1 aromatic carbocycles. The molecule has 1 heterocycles. The quantitative estimate of drug-likeness (QED) is 0.543. The molecule has 1 aromatic rings. The number of hydrogen-bond acceptors (Lipinski definition) is 4. The molecule has 0 spiro atoms. The lowest BCUT2D eigenvalue weighted by atomic mass is 9.77. The maximum absolute atomic E-state index is 14.2. The summed E-state index contributed by atoms with van der Waals surface area (Å²) in [7, 11) is 0. The Hall–Kier alpha value is -2.15. The number of carbonyl (C=O) groups excluding carboxylic acids is 1. The third-order valence-electron chi connectivity index (χ3n) is 6.87. The van der Waals surface area contributed by atoms with Crippen molar-refractivity contribution in [3.63, 3.8) is 0 Å². The Labute approximate surface area is 183 Å². The second-order valence-corrected chi connectivity index (χ2v) is 9.60. The summed E-state index contributed by atoms with van der Waals surface area (Å²) in [6.07, 6.45) is 5.44. The van der Waals surface area contributed by atoms with E-state index in [9.17, 15) is 24.2 Å². The summed E-state index contributed by atoms with van der Waals surface area (Å²) in [5.74, 6) is -1.33. The molecule has 0 radical (unpaired) electrons. The van der Waals surface area contributed by atoms with Crippen molar-refractivity contribution in [2.75, 3.05) is 6.54 Å². The number of aromatic hydroxyl groups is 1. The van der Waals surface area contributed by atoms with Gasteiger partial charge in [-0.25, -0.2) is 4.39 Å². The molecule has 31 heavy (non-hydrogen) atoms. The van der Waals surface area contributed by atoms with E-state index >= 15 is 0 Å². The Kier molecular flexibility index (Phi) is 7.57. The van der Waals surface area contributed by atoms with Crippen LogP contribution in [0.15, 0.2) is 12.1 Å². The molecular weight excluding hydrogens is 399 g/mol. The lowest BCUT2D eigenvalue weighted by Gasteiger charge is -2.36. The number of carboxylic acid groups (broad SMARTS) is 1. The molecule has 1 saturated carbocycles. The minimum absolute atomic E-state index is 0.00815. The normalized spacial score (nSPS) is 23.1. The highest BCUT2D eigenvalue weighted by Crippen LogP contribution is 2.35. The minimum atomic E-state index is -0.819. The van der Waals surface area contributed by atoms with Crippen LogP contribution in [0.1, 0.15) is 75.2 Å². The minimum Gasteiger partial charge on any atom is -0.505 e. The number of phenols is 1. The highest BCUT2D eigenvalue weighted by Gasteiger charge is 2.35. The summed E-state index contributed by atoms with van der Waals surface area (Å²) in [4.78, 5) is 26.0. The molecule has 172 valence electrons.